The van der Waals surface area contributed by atoms with E-state index in [-0.39, 0.29) is 0 Å². The van der Waals surface area contributed by atoms with Gasteiger partial charge in [0.15, 0.2) is 0 Å². The van der Waals surface area contributed by atoms with Gasteiger partial charge in [-0.05, 0) is 19.8 Å². The average molecular weight is 109 g/mol. The van der Waals surface area contributed by atoms with Crippen molar-refractivity contribution < 1.29 is 0 Å². The highest BCUT2D eigenvalue weighted by atomic mass is 13.8. The molecule has 0 amide bonds. The standard InChI is InChI=1S/C8H13/c1-3-5-7-8-6-4-2/h7H,3,5,8H2,1-2H3. The molecule has 8 heavy (non-hydrogen) atoms. The summed E-state index contributed by atoms with van der Waals surface area (Å²) in [7, 11) is 0. The van der Waals surface area contributed by atoms with Crippen molar-refractivity contribution in [2.75, 3.05) is 0 Å². The zero-order chi connectivity index (χ0) is 6.24. The van der Waals surface area contributed by atoms with E-state index < -0.39 is 0 Å². The molecule has 0 unspecified atom stereocenters. The number of unbranched alkanes of at least 4 members (excludes halogenated alkanes) is 3. The van der Waals surface area contributed by atoms with Crippen molar-refractivity contribution in [3.63, 3.8) is 0 Å². The van der Waals surface area contributed by atoms with E-state index in [4.69, 9.17) is 0 Å². The molecule has 0 fully saturated rings. The molecule has 0 rings (SSSR count). The van der Waals surface area contributed by atoms with Crippen molar-refractivity contribution >= 4 is 0 Å². The summed E-state index contributed by atoms with van der Waals surface area (Å²) < 4.78 is 0. The fourth-order valence-corrected chi connectivity index (χ4v) is 0.480. The molecule has 0 heteroatoms. The van der Waals surface area contributed by atoms with Crippen molar-refractivity contribution in [2.45, 2.75) is 33.1 Å². The summed E-state index contributed by atoms with van der Waals surface area (Å²) >= 11 is 0. The minimum atomic E-state index is 0.963. The Hall–Kier alpha value is -0.440. The van der Waals surface area contributed by atoms with Crippen LogP contribution in [-0.2, 0) is 0 Å². The zero-order valence-corrected chi connectivity index (χ0v) is 5.70. The van der Waals surface area contributed by atoms with Gasteiger partial charge in [0.2, 0.25) is 0 Å². The average Bonchev–Trinajstić information content (AvgIpc) is 1.81. The molecular weight excluding hydrogens is 96.1 g/mol. The summed E-state index contributed by atoms with van der Waals surface area (Å²) in [4.78, 5) is 0. The molecule has 0 aliphatic rings. The van der Waals surface area contributed by atoms with Crippen molar-refractivity contribution in [1.82, 2.24) is 0 Å². The van der Waals surface area contributed by atoms with Crippen molar-refractivity contribution in [2.24, 2.45) is 0 Å². The fourth-order valence-electron chi connectivity index (χ4n) is 0.480. The maximum absolute atomic E-state index is 2.98. The Balaban J connectivity index is 2.79. The van der Waals surface area contributed by atoms with Gasteiger partial charge in [-0.1, -0.05) is 13.3 Å². The highest BCUT2D eigenvalue weighted by molar-refractivity contribution is 4.98. The van der Waals surface area contributed by atoms with Crippen LogP contribution in [0.1, 0.15) is 33.1 Å². The Morgan fingerprint density at radius 1 is 1.50 bits per heavy atom. The summed E-state index contributed by atoms with van der Waals surface area (Å²) in [5.41, 5.74) is 0. The smallest absolute Gasteiger partial charge is 0.0120 e. The van der Waals surface area contributed by atoms with E-state index in [2.05, 4.69) is 25.2 Å². The Morgan fingerprint density at radius 3 is 2.75 bits per heavy atom. The zero-order valence-electron chi connectivity index (χ0n) is 5.70. The summed E-state index contributed by atoms with van der Waals surface area (Å²) in [5, 5.41) is 0. The molecule has 0 spiro atoms. The minimum Gasteiger partial charge on any atom is -0.107 e. The topological polar surface area (TPSA) is 0 Å². The van der Waals surface area contributed by atoms with Crippen LogP contribution in [0.2, 0.25) is 0 Å². The predicted octanol–water partition coefficient (Wildman–Crippen LogP) is 2.40. The molecule has 0 aromatic rings. The number of rotatable bonds is 3. The molecule has 0 N–H and O–H groups in total. The molecule has 0 aromatic heterocycles. The summed E-state index contributed by atoms with van der Waals surface area (Å²) in [6.07, 6.45) is 5.63. The van der Waals surface area contributed by atoms with Gasteiger partial charge < -0.3 is 0 Å². The highest BCUT2D eigenvalue weighted by Crippen LogP contribution is 1.94. The van der Waals surface area contributed by atoms with Gasteiger partial charge in [-0.25, -0.2) is 0 Å². The first-order valence-electron chi connectivity index (χ1n) is 3.13. The Kier molecular flexibility index (Phi) is 6.20. The second kappa shape index (κ2) is 6.56. The first-order valence-corrected chi connectivity index (χ1v) is 3.13. The Labute approximate surface area is 52.3 Å². The second-order valence-electron chi connectivity index (χ2n) is 1.71. The van der Waals surface area contributed by atoms with Crippen LogP contribution in [0.3, 0.4) is 0 Å². The third-order valence-corrected chi connectivity index (χ3v) is 0.916. The summed E-state index contributed by atoms with van der Waals surface area (Å²) in [5.74, 6) is 5.82. The van der Waals surface area contributed by atoms with E-state index in [1.165, 1.54) is 12.8 Å². The van der Waals surface area contributed by atoms with Crippen LogP contribution in [0.4, 0.5) is 0 Å². The van der Waals surface area contributed by atoms with Crippen LogP contribution >= 0.6 is 0 Å². The summed E-state index contributed by atoms with van der Waals surface area (Å²) in [6.45, 7) is 4.05. The maximum Gasteiger partial charge on any atom is 0.0120 e. The lowest BCUT2D eigenvalue weighted by Crippen LogP contribution is -1.71. The van der Waals surface area contributed by atoms with Crippen LogP contribution in [0.25, 0.3) is 0 Å². The van der Waals surface area contributed by atoms with E-state index in [1.54, 1.807) is 0 Å². The lowest BCUT2D eigenvalue weighted by Gasteiger charge is -1.86. The molecular formula is C8H13. The van der Waals surface area contributed by atoms with Crippen molar-refractivity contribution in [3.8, 4) is 11.8 Å². The van der Waals surface area contributed by atoms with E-state index in [0.29, 0.717) is 0 Å². The monoisotopic (exact) mass is 109 g/mol. The fraction of sp³-hybridized carbons (Fsp3) is 0.625. The third kappa shape index (κ3) is 5.56. The van der Waals surface area contributed by atoms with E-state index in [9.17, 15) is 0 Å². The number of hydrogen-bond acceptors (Lipinski definition) is 0. The SMILES string of the molecule is CC#CC[CH]CCC. The quantitative estimate of drug-likeness (QED) is 0.385. The lowest BCUT2D eigenvalue weighted by molar-refractivity contribution is 0.880. The van der Waals surface area contributed by atoms with Gasteiger partial charge in [0, 0.05) is 6.42 Å². The predicted molar refractivity (Wildman–Crippen MR) is 37.3 cm³/mol. The normalized spacial score (nSPS) is 7.75. The van der Waals surface area contributed by atoms with E-state index in [1.807, 2.05) is 6.92 Å². The Morgan fingerprint density at radius 2 is 2.25 bits per heavy atom. The first-order chi connectivity index (χ1) is 3.91. The van der Waals surface area contributed by atoms with Crippen LogP contribution in [0.15, 0.2) is 0 Å². The van der Waals surface area contributed by atoms with Gasteiger partial charge in [0.05, 0.1) is 0 Å². The highest BCUT2D eigenvalue weighted by Gasteiger charge is 1.78. The van der Waals surface area contributed by atoms with Gasteiger partial charge in [0.25, 0.3) is 0 Å². The van der Waals surface area contributed by atoms with Gasteiger partial charge in [0.1, 0.15) is 0 Å². The van der Waals surface area contributed by atoms with Crippen LogP contribution in [0.5, 0.6) is 0 Å². The van der Waals surface area contributed by atoms with Crippen LogP contribution in [-0.4, -0.2) is 0 Å². The van der Waals surface area contributed by atoms with Crippen molar-refractivity contribution in [3.05, 3.63) is 6.42 Å². The molecule has 0 saturated heterocycles. The molecule has 1 radical (unpaired) electrons. The molecule has 0 atom stereocenters. The second-order valence-corrected chi connectivity index (χ2v) is 1.71. The van der Waals surface area contributed by atoms with Crippen LogP contribution < -0.4 is 0 Å². The molecule has 0 saturated carbocycles. The molecule has 0 nitrogen and oxygen atoms in total. The van der Waals surface area contributed by atoms with Gasteiger partial charge in [-0.3, -0.25) is 0 Å². The van der Waals surface area contributed by atoms with Gasteiger partial charge in [-0.2, -0.15) is 0 Å². The molecule has 0 bridgehead atoms. The van der Waals surface area contributed by atoms with Crippen LogP contribution in [0, 0.1) is 18.3 Å². The first kappa shape index (κ1) is 7.56. The molecule has 45 valence electrons. The van der Waals surface area contributed by atoms with Gasteiger partial charge in [-0.15, -0.1) is 11.8 Å². The third-order valence-electron chi connectivity index (χ3n) is 0.916. The van der Waals surface area contributed by atoms with E-state index >= 15 is 0 Å². The van der Waals surface area contributed by atoms with E-state index in [0.717, 1.165) is 6.42 Å². The molecule has 0 aliphatic carbocycles. The lowest BCUT2D eigenvalue weighted by atomic mass is 10.2. The van der Waals surface area contributed by atoms with Crippen molar-refractivity contribution in [1.29, 1.82) is 0 Å². The summed E-state index contributed by atoms with van der Waals surface area (Å²) in [6, 6.07) is 0. The minimum absolute atomic E-state index is 0.963. The largest absolute Gasteiger partial charge is 0.107 e. The molecule has 0 heterocycles. The number of hydrogen-bond donors (Lipinski definition) is 0. The van der Waals surface area contributed by atoms with Gasteiger partial charge >= 0.3 is 0 Å². The Bertz CT molecular complexity index is 81.9. The molecule has 0 aromatic carbocycles. The maximum atomic E-state index is 2.98. The molecule has 0 aliphatic heterocycles.